The van der Waals surface area contributed by atoms with Crippen molar-refractivity contribution in [3.05, 3.63) is 70.8 Å². The van der Waals surface area contributed by atoms with Crippen molar-refractivity contribution in [2.45, 2.75) is 32.7 Å². The number of aryl methyl sites for hydroxylation is 1. The predicted octanol–water partition coefficient (Wildman–Crippen LogP) is 3.54. The van der Waals surface area contributed by atoms with E-state index in [4.69, 9.17) is 4.74 Å². The fourth-order valence-corrected chi connectivity index (χ4v) is 3.20. The lowest BCUT2D eigenvalue weighted by atomic mass is 10.00. The molecule has 1 heterocycles. The zero-order valence-corrected chi connectivity index (χ0v) is 14.9. The minimum Gasteiger partial charge on any atom is -0.466 e. The Morgan fingerprint density at radius 2 is 1.54 bits per heavy atom. The van der Waals surface area contributed by atoms with Gasteiger partial charge in [-0.25, -0.2) is 0 Å². The molecule has 1 aliphatic heterocycles. The molecule has 1 unspecified atom stereocenters. The van der Waals surface area contributed by atoms with Crippen molar-refractivity contribution in [2.24, 2.45) is 0 Å². The molecule has 0 N–H and O–H groups in total. The number of carbonyl (C=O) groups is 3. The summed E-state index contributed by atoms with van der Waals surface area (Å²) in [7, 11) is 0. The molecule has 1 aliphatic rings. The van der Waals surface area contributed by atoms with E-state index in [0.717, 1.165) is 17.5 Å². The zero-order chi connectivity index (χ0) is 18.7. The highest BCUT2D eigenvalue weighted by Gasteiger charge is 2.41. The molecule has 0 radical (unpaired) electrons. The maximum Gasteiger partial charge on any atom is 0.308 e. The molecule has 0 saturated heterocycles. The summed E-state index contributed by atoms with van der Waals surface area (Å²) in [6, 6.07) is 13.7. The maximum absolute atomic E-state index is 12.8. The summed E-state index contributed by atoms with van der Waals surface area (Å²) in [5.41, 5.74) is 2.63. The molecular formula is C21H21NO4. The first-order valence-electron chi connectivity index (χ1n) is 8.78. The lowest BCUT2D eigenvalue weighted by molar-refractivity contribution is -0.144. The molecule has 2 amide bonds. The molecule has 0 bridgehead atoms. The molecule has 2 aromatic rings. The van der Waals surface area contributed by atoms with E-state index in [1.54, 1.807) is 31.2 Å². The van der Waals surface area contributed by atoms with Gasteiger partial charge >= 0.3 is 5.97 Å². The summed E-state index contributed by atoms with van der Waals surface area (Å²) in [5.74, 6) is -1.19. The second-order valence-electron chi connectivity index (χ2n) is 6.15. The number of esters is 1. The number of benzene rings is 2. The van der Waals surface area contributed by atoms with Crippen LogP contribution in [0.25, 0.3) is 0 Å². The number of ether oxygens (including phenoxy) is 1. The third-order valence-corrected chi connectivity index (χ3v) is 4.58. The van der Waals surface area contributed by atoms with Crippen molar-refractivity contribution in [1.82, 2.24) is 4.90 Å². The fraction of sp³-hybridized carbons (Fsp3) is 0.286. The van der Waals surface area contributed by atoms with E-state index in [2.05, 4.69) is 6.92 Å². The Morgan fingerprint density at radius 1 is 0.962 bits per heavy atom. The van der Waals surface area contributed by atoms with Crippen LogP contribution in [0.3, 0.4) is 0 Å². The summed E-state index contributed by atoms with van der Waals surface area (Å²) in [4.78, 5) is 39.0. The van der Waals surface area contributed by atoms with Crippen LogP contribution in [-0.4, -0.2) is 29.3 Å². The number of imide groups is 1. The standard InChI is InChI=1S/C21H21NO4/c1-3-14-9-11-15(12-10-14)18(13-19(23)26-4-2)22-20(24)16-7-5-6-8-17(16)21(22)25/h5-12,18H,3-4,13H2,1-2H3. The zero-order valence-electron chi connectivity index (χ0n) is 14.9. The Balaban J connectivity index is 1.99. The lowest BCUT2D eigenvalue weighted by Crippen LogP contribution is -2.35. The fourth-order valence-electron chi connectivity index (χ4n) is 3.20. The number of fused-ring (bicyclic) bond motifs is 1. The van der Waals surface area contributed by atoms with Gasteiger partial charge in [-0.1, -0.05) is 43.3 Å². The van der Waals surface area contributed by atoms with Gasteiger partial charge in [0, 0.05) is 0 Å². The van der Waals surface area contributed by atoms with E-state index in [1.165, 1.54) is 4.90 Å². The normalized spacial score (nSPS) is 14.3. The number of carbonyl (C=O) groups excluding carboxylic acids is 3. The van der Waals surface area contributed by atoms with E-state index < -0.39 is 12.0 Å². The molecule has 5 nitrogen and oxygen atoms in total. The summed E-state index contributed by atoms with van der Waals surface area (Å²) >= 11 is 0. The first-order valence-corrected chi connectivity index (χ1v) is 8.78. The van der Waals surface area contributed by atoms with Crippen molar-refractivity contribution in [2.75, 3.05) is 6.61 Å². The minimum absolute atomic E-state index is 0.0647. The van der Waals surface area contributed by atoms with Crippen LogP contribution >= 0.6 is 0 Å². The van der Waals surface area contributed by atoms with E-state index in [0.29, 0.717) is 11.1 Å². The SMILES string of the molecule is CCOC(=O)CC(c1ccc(CC)cc1)N1C(=O)c2ccccc2C1=O. The van der Waals surface area contributed by atoms with Crippen LogP contribution in [0.1, 0.15) is 58.2 Å². The van der Waals surface area contributed by atoms with Crippen LogP contribution < -0.4 is 0 Å². The molecule has 26 heavy (non-hydrogen) atoms. The van der Waals surface area contributed by atoms with Gasteiger partial charge in [-0.3, -0.25) is 19.3 Å². The monoisotopic (exact) mass is 351 g/mol. The van der Waals surface area contributed by atoms with E-state index in [-0.39, 0.29) is 24.8 Å². The van der Waals surface area contributed by atoms with Crippen LogP contribution in [0.2, 0.25) is 0 Å². The van der Waals surface area contributed by atoms with Gasteiger partial charge in [0.25, 0.3) is 11.8 Å². The summed E-state index contributed by atoms with van der Waals surface area (Å²) in [6.45, 7) is 4.03. The van der Waals surface area contributed by atoms with E-state index in [1.807, 2.05) is 24.3 Å². The Labute approximate surface area is 152 Å². The average Bonchev–Trinajstić information content (AvgIpc) is 2.91. The summed E-state index contributed by atoms with van der Waals surface area (Å²) in [6.07, 6.45) is 0.820. The Morgan fingerprint density at radius 3 is 2.04 bits per heavy atom. The van der Waals surface area contributed by atoms with Crippen LogP contribution in [-0.2, 0) is 16.0 Å². The van der Waals surface area contributed by atoms with Gasteiger partial charge < -0.3 is 4.74 Å². The van der Waals surface area contributed by atoms with Crippen molar-refractivity contribution in [3.63, 3.8) is 0 Å². The number of nitrogens with zero attached hydrogens (tertiary/aromatic N) is 1. The highest BCUT2D eigenvalue weighted by atomic mass is 16.5. The molecule has 3 rings (SSSR count). The smallest absolute Gasteiger partial charge is 0.308 e. The number of rotatable bonds is 6. The van der Waals surface area contributed by atoms with Gasteiger partial charge in [-0.05, 0) is 36.6 Å². The molecule has 0 fully saturated rings. The molecule has 2 aromatic carbocycles. The van der Waals surface area contributed by atoms with Gasteiger partial charge in [0.2, 0.25) is 0 Å². The highest BCUT2D eigenvalue weighted by molar-refractivity contribution is 6.21. The maximum atomic E-state index is 12.8. The van der Waals surface area contributed by atoms with E-state index >= 15 is 0 Å². The highest BCUT2D eigenvalue weighted by Crippen LogP contribution is 2.33. The van der Waals surface area contributed by atoms with E-state index in [9.17, 15) is 14.4 Å². The minimum atomic E-state index is -0.688. The topological polar surface area (TPSA) is 63.7 Å². The molecule has 0 saturated carbocycles. The second-order valence-corrected chi connectivity index (χ2v) is 6.15. The van der Waals surface area contributed by atoms with Crippen molar-refractivity contribution in [3.8, 4) is 0 Å². The van der Waals surface area contributed by atoms with Gasteiger partial charge in [0.05, 0.1) is 30.2 Å². The van der Waals surface area contributed by atoms with Gasteiger partial charge in [-0.15, -0.1) is 0 Å². The number of hydrogen-bond donors (Lipinski definition) is 0. The molecule has 134 valence electrons. The predicted molar refractivity (Wildman–Crippen MR) is 96.8 cm³/mol. The van der Waals surface area contributed by atoms with Crippen molar-refractivity contribution >= 4 is 17.8 Å². The molecule has 0 aliphatic carbocycles. The quantitative estimate of drug-likeness (QED) is 0.590. The third kappa shape index (κ3) is 3.25. The molecule has 0 spiro atoms. The van der Waals surface area contributed by atoms with Gasteiger partial charge in [-0.2, -0.15) is 0 Å². The first-order chi connectivity index (χ1) is 12.6. The van der Waals surface area contributed by atoms with Crippen molar-refractivity contribution < 1.29 is 19.1 Å². The number of amides is 2. The molecular weight excluding hydrogens is 330 g/mol. The Kier molecular flexibility index (Phi) is 5.16. The first kappa shape index (κ1) is 17.9. The van der Waals surface area contributed by atoms with Gasteiger partial charge in [0.1, 0.15) is 0 Å². The summed E-state index contributed by atoms with van der Waals surface area (Å²) in [5, 5.41) is 0. The molecule has 1 atom stereocenters. The van der Waals surface area contributed by atoms with Crippen LogP contribution in [0.5, 0.6) is 0 Å². The molecule has 5 heteroatoms. The van der Waals surface area contributed by atoms with Crippen LogP contribution in [0.15, 0.2) is 48.5 Å². The van der Waals surface area contributed by atoms with Gasteiger partial charge in [0.15, 0.2) is 0 Å². The van der Waals surface area contributed by atoms with Crippen LogP contribution in [0.4, 0.5) is 0 Å². The third-order valence-electron chi connectivity index (χ3n) is 4.58. The summed E-state index contributed by atoms with van der Waals surface area (Å²) < 4.78 is 5.06. The largest absolute Gasteiger partial charge is 0.466 e. The lowest BCUT2D eigenvalue weighted by Gasteiger charge is -2.26. The van der Waals surface area contributed by atoms with Crippen LogP contribution in [0, 0.1) is 0 Å². The molecule has 0 aromatic heterocycles. The Hall–Kier alpha value is -2.95. The van der Waals surface area contributed by atoms with Crippen molar-refractivity contribution in [1.29, 1.82) is 0 Å². The Bertz CT molecular complexity index is 806. The number of hydrogen-bond acceptors (Lipinski definition) is 4. The average molecular weight is 351 g/mol. The second kappa shape index (κ2) is 7.52.